The van der Waals surface area contributed by atoms with Gasteiger partial charge in [0.1, 0.15) is 0 Å². The van der Waals surface area contributed by atoms with Crippen LogP contribution in [-0.2, 0) is 0 Å². The second kappa shape index (κ2) is 5.27. The van der Waals surface area contributed by atoms with Crippen LogP contribution in [0.3, 0.4) is 0 Å². The van der Waals surface area contributed by atoms with Crippen LogP contribution in [0.15, 0.2) is 0 Å². The van der Waals surface area contributed by atoms with Gasteiger partial charge in [-0.15, -0.1) is 0 Å². The fraction of sp³-hybridized carbons (Fsp3) is 1.00. The van der Waals surface area contributed by atoms with Crippen LogP contribution in [-0.4, -0.2) is 47.6 Å². The van der Waals surface area contributed by atoms with Crippen molar-refractivity contribution in [3.05, 3.63) is 0 Å². The lowest BCUT2D eigenvalue weighted by molar-refractivity contribution is -0.0176. The van der Waals surface area contributed by atoms with Crippen LogP contribution in [0.5, 0.6) is 0 Å². The van der Waals surface area contributed by atoms with E-state index in [1.54, 1.807) is 0 Å². The molecule has 0 aromatic carbocycles. The van der Waals surface area contributed by atoms with Gasteiger partial charge in [-0.05, 0) is 45.4 Å². The SMILES string of the molecule is CC(C)C1CN(C2CCN(C(C)C)C(C)C2)C1. The minimum absolute atomic E-state index is 0.714. The molecule has 0 radical (unpaired) electrons. The molecular formula is C15H30N2. The molecule has 2 heterocycles. The molecule has 0 aromatic heterocycles. The summed E-state index contributed by atoms with van der Waals surface area (Å²) in [7, 11) is 0. The van der Waals surface area contributed by atoms with Gasteiger partial charge >= 0.3 is 0 Å². The smallest absolute Gasteiger partial charge is 0.0122 e. The Morgan fingerprint density at radius 2 is 1.71 bits per heavy atom. The molecule has 17 heavy (non-hydrogen) atoms. The average molecular weight is 238 g/mol. The average Bonchev–Trinajstić information content (AvgIpc) is 2.13. The molecule has 0 saturated carbocycles. The number of rotatable bonds is 3. The normalized spacial score (nSPS) is 33.4. The zero-order valence-corrected chi connectivity index (χ0v) is 12.3. The summed E-state index contributed by atoms with van der Waals surface area (Å²) in [4.78, 5) is 5.40. The van der Waals surface area contributed by atoms with Crippen molar-refractivity contribution >= 4 is 0 Å². The third kappa shape index (κ3) is 2.85. The molecule has 0 spiro atoms. The number of likely N-dealkylation sites (tertiary alicyclic amines) is 2. The largest absolute Gasteiger partial charge is 0.300 e. The predicted molar refractivity (Wildman–Crippen MR) is 74.2 cm³/mol. The first-order valence-corrected chi connectivity index (χ1v) is 7.48. The van der Waals surface area contributed by atoms with Crippen LogP contribution in [0.1, 0.15) is 47.5 Å². The molecule has 100 valence electrons. The predicted octanol–water partition coefficient (Wildman–Crippen LogP) is 2.84. The molecule has 0 aromatic rings. The lowest BCUT2D eigenvalue weighted by atomic mass is 9.84. The molecule has 0 bridgehead atoms. The molecule has 0 amide bonds. The lowest BCUT2D eigenvalue weighted by Crippen LogP contribution is -2.58. The van der Waals surface area contributed by atoms with E-state index in [1.165, 1.54) is 32.5 Å². The monoisotopic (exact) mass is 238 g/mol. The fourth-order valence-electron chi connectivity index (χ4n) is 3.53. The minimum atomic E-state index is 0.714. The van der Waals surface area contributed by atoms with Gasteiger partial charge in [0.25, 0.3) is 0 Å². The van der Waals surface area contributed by atoms with Crippen molar-refractivity contribution in [2.75, 3.05) is 19.6 Å². The molecule has 2 fully saturated rings. The highest BCUT2D eigenvalue weighted by Gasteiger charge is 2.37. The highest BCUT2D eigenvalue weighted by atomic mass is 15.3. The van der Waals surface area contributed by atoms with Gasteiger partial charge in [-0.2, -0.15) is 0 Å². The van der Waals surface area contributed by atoms with Crippen LogP contribution >= 0.6 is 0 Å². The summed E-state index contributed by atoms with van der Waals surface area (Å²) in [5.41, 5.74) is 0. The topological polar surface area (TPSA) is 6.48 Å². The highest BCUT2D eigenvalue weighted by molar-refractivity contribution is 4.92. The zero-order valence-electron chi connectivity index (χ0n) is 12.3. The van der Waals surface area contributed by atoms with Crippen LogP contribution in [0.2, 0.25) is 0 Å². The summed E-state index contributed by atoms with van der Waals surface area (Å²) < 4.78 is 0. The summed E-state index contributed by atoms with van der Waals surface area (Å²) in [5.74, 6) is 1.84. The number of piperidine rings is 1. The zero-order chi connectivity index (χ0) is 12.6. The van der Waals surface area contributed by atoms with E-state index in [0.29, 0.717) is 6.04 Å². The van der Waals surface area contributed by atoms with E-state index >= 15 is 0 Å². The molecule has 2 saturated heterocycles. The Kier molecular flexibility index (Phi) is 4.14. The third-order valence-electron chi connectivity index (χ3n) is 4.96. The second-order valence-electron chi connectivity index (χ2n) is 6.82. The Bertz CT molecular complexity index is 243. The maximum Gasteiger partial charge on any atom is 0.0122 e. The van der Waals surface area contributed by atoms with Gasteiger partial charge < -0.3 is 0 Å². The van der Waals surface area contributed by atoms with Crippen molar-refractivity contribution in [1.29, 1.82) is 0 Å². The van der Waals surface area contributed by atoms with Gasteiger partial charge in [0.15, 0.2) is 0 Å². The fourth-order valence-corrected chi connectivity index (χ4v) is 3.53. The Morgan fingerprint density at radius 1 is 1.06 bits per heavy atom. The molecule has 0 aliphatic carbocycles. The van der Waals surface area contributed by atoms with E-state index in [4.69, 9.17) is 0 Å². The Morgan fingerprint density at radius 3 is 2.18 bits per heavy atom. The Labute approximate surface area is 107 Å². The standard InChI is InChI=1S/C15H30N2/c1-11(2)14-9-16(10-14)15-6-7-17(12(3)4)13(5)8-15/h11-15H,6-10H2,1-5H3. The van der Waals surface area contributed by atoms with Gasteiger partial charge in [0.05, 0.1) is 0 Å². The quantitative estimate of drug-likeness (QED) is 0.746. The summed E-state index contributed by atoms with van der Waals surface area (Å²) in [6, 6.07) is 2.35. The molecule has 2 aliphatic heterocycles. The second-order valence-corrected chi connectivity index (χ2v) is 6.82. The van der Waals surface area contributed by atoms with Crippen molar-refractivity contribution in [2.45, 2.75) is 65.6 Å². The molecule has 2 unspecified atom stereocenters. The molecule has 0 N–H and O–H groups in total. The molecule has 2 heteroatoms. The number of hydrogen-bond acceptors (Lipinski definition) is 2. The van der Waals surface area contributed by atoms with Crippen LogP contribution in [0, 0.1) is 11.8 Å². The van der Waals surface area contributed by atoms with E-state index < -0.39 is 0 Å². The van der Waals surface area contributed by atoms with Crippen molar-refractivity contribution in [3.63, 3.8) is 0 Å². The van der Waals surface area contributed by atoms with Gasteiger partial charge in [-0.1, -0.05) is 13.8 Å². The molecular weight excluding hydrogens is 208 g/mol. The van der Waals surface area contributed by atoms with E-state index in [-0.39, 0.29) is 0 Å². The minimum Gasteiger partial charge on any atom is -0.300 e. The summed E-state index contributed by atoms with van der Waals surface area (Å²) in [5, 5.41) is 0. The van der Waals surface area contributed by atoms with Crippen LogP contribution < -0.4 is 0 Å². The van der Waals surface area contributed by atoms with Crippen molar-refractivity contribution in [1.82, 2.24) is 9.80 Å². The van der Waals surface area contributed by atoms with Crippen LogP contribution in [0.4, 0.5) is 0 Å². The Hall–Kier alpha value is -0.0800. The van der Waals surface area contributed by atoms with Gasteiger partial charge in [0, 0.05) is 37.8 Å². The summed E-state index contributed by atoms with van der Waals surface area (Å²) >= 11 is 0. The Balaban J connectivity index is 1.79. The van der Waals surface area contributed by atoms with E-state index in [0.717, 1.165) is 23.9 Å². The van der Waals surface area contributed by atoms with E-state index in [9.17, 15) is 0 Å². The molecule has 2 aliphatic rings. The maximum absolute atomic E-state index is 2.73. The van der Waals surface area contributed by atoms with Gasteiger partial charge in [-0.25, -0.2) is 0 Å². The lowest BCUT2D eigenvalue weighted by Gasteiger charge is -2.50. The van der Waals surface area contributed by atoms with E-state index in [2.05, 4.69) is 44.4 Å². The summed E-state index contributed by atoms with van der Waals surface area (Å²) in [6.07, 6.45) is 2.76. The van der Waals surface area contributed by atoms with Crippen molar-refractivity contribution < 1.29 is 0 Å². The number of hydrogen-bond donors (Lipinski definition) is 0. The number of nitrogens with zero attached hydrogens (tertiary/aromatic N) is 2. The third-order valence-corrected chi connectivity index (χ3v) is 4.96. The first-order chi connectivity index (χ1) is 7.99. The molecule has 2 rings (SSSR count). The molecule has 2 nitrogen and oxygen atoms in total. The van der Waals surface area contributed by atoms with E-state index in [1.807, 2.05) is 0 Å². The maximum atomic E-state index is 2.73. The highest BCUT2D eigenvalue weighted by Crippen LogP contribution is 2.31. The van der Waals surface area contributed by atoms with Crippen molar-refractivity contribution in [2.24, 2.45) is 11.8 Å². The van der Waals surface area contributed by atoms with Crippen molar-refractivity contribution in [3.8, 4) is 0 Å². The van der Waals surface area contributed by atoms with Gasteiger partial charge in [-0.3, -0.25) is 9.80 Å². The first kappa shape index (κ1) is 13.4. The van der Waals surface area contributed by atoms with Crippen LogP contribution in [0.25, 0.3) is 0 Å². The molecule has 2 atom stereocenters. The first-order valence-electron chi connectivity index (χ1n) is 7.48. The van der Waals surface area contributed by atoms with Gasteiger partial charge in [0.2, 0.25) is 0 Å². The summed E-state index contributed by atoms with van der Waals surface area (Å²) in [6.45, 7) is 15.8.